The van der Waals surface area contributed by atoms with Crippen LogP contribution in [0.15, 0.2) is 53.6 Å². The molecule has 1 heterocycles. The fourth-order valence-corrected chi connectivity index (χ4v) is 3.50. The minimum atomic E-state index is -0.587. The van der Waals surface area contributed by atoms with Crippen molar-refractivity contribution in [1.82, 2.24) is 5.01 Å². The zero-order valence-corrected chi connectivity index (χ0v) is 16.6. The molecular formula is C20H23F2N3O2S. The van der Waals surface area contributed by atoms with Crippen LogP contribution in [0.25, 0.3) is 0 Å². The number of rotatable bonds is 5. The van der Waals surface area contributed by atoms with Crippen molar-refractivity contribution in [2.45, 2.75) is 18.7 Å². The molecule has 28 heavy (non-hydrogen) atoms. The number of carbonyl (C=O) groups is 1. The second-order valence-corrected chi connectivity index (χ2v) is 6.94. The van der Waals surface area contributed by atoms with Gasteiger partial charge in [-0.15, -0.1) is 0 Å². The van der Waals surface area contributed by atoms with Gasteiger partial charge in [-0.25, -0.2) is 13.8 Å². The van der Waals surface area contributed by atoms with E-state index in [1.165, 1.54) is 23.9 Å². The lowest BCUT2D eigenvalue weighted by atomic mass is 10.2. The number of hydrogen-bond donors (Lipinski definition) is 1. The van der Waals surface area contributed by atoms with Crippen LogP contribution in [-0.4, -0.2) is 36.2 Å². The van der Waals surface area contributed by atoms with Gasteiger partial charge in [-0.2, -0.15) is 5.10 Å². The lowest BCUT2D eigenvalue weighted by molar-refractivity contribution is -0.135. The second-order valence-electron chi connectivity index (χ2n) is 5.87. The van der Waals surface area contributed by atoms with Gasteiger partial charge >= 0.3 is 0 Å². The molecule has 5 nitrogen and oxygen atoms in total. The van der Waals surface area contributed by atoms with Crippen LogP contribution >= 0.6 is 11.8 Å². The van der Waals surface area contributed by atoms with Crippen LogP contribution in [0.5, 0.6) is 0 Å². The maximum absolute atomic E-state index is 14.0. The molecular weight excluding hydrogens is 384 g/mol. The molecule has 0 saturated carbocycles. The summed E-state index contributed by atoms with van der Waals surface area (Å²) in [6.07, 6.45) is 1.10. The standard InChI is InChI=1S/C17H14F2N2O2S.C3H9N/c1-23-10-15(22)21-17(11-5-3-2-4-6-11)24-16(20-21)13-9-12(18)7-8-14(13)19;1-2-3-4/h2-9,17H,10H2,1H3;2-4H2,1H3. The topological polar surface area (TPSA) is 67.9 Å². The molecule has 1 atom stereocenters. The summed E-state index contributed by atoms with van der Waals surface area (Å²) in [5, 5.41) is 5.27. The van der Waals surface area contributed by atoms with Crippen LogP contribution in [0.3, 0.4) is 0 Å². The molecule has 0 fully saturated rings. The first-order chi connectivity index (χ1) is 13.5. The molecule has 0 radical (unpaired) electrons. The molecule has 8 heteroatoms. The molecule has 0 bridgehead atoms. The highest BCUT2D eigenvalue weighted by Gasteiger charge is 2.34. The summed E-state index contributed by atoms with van der Waals surface area (Å²) >= 11 is 1.19. The Kier molecular flexibility index (Phi) is 8.56. The van der Waals surface area contributed by atoms with Crippen molar-refractivity contribution in [2.75, 3.05) is 20.3 Å². The molecule has 0 aromatic heterocycles. The summed E-state index contributed by atoms with van der Waals surface area (Å²) < 4.78 is 32.4. The Balaban J connectivity index is 0.000000640. The molecule has 2 aromatic carbocycles. The third-order valence-electron chi connectivity index (χ3n) is 3.70. The highest BCUT2D eigenvalue weighted by atomic mass is 32.2. The first kappa shape index (κ1) is 22.0. The number of halogens is 2. The summed E-state index contributed by atoms with van der Waals surface area (Å²) in [4.78, 5) is 12.3. The van der Waals surface area contributed by atoms with E-state index in [0.29, 0.717) is 0 Å². The normalized spacial score (nSPS) is 15.7. The Bertz CT molecular complexity index is 816. The second kappa shape index (κ2) is 10.9. The van der Waals surface area contributed by atoms with E-state index in [1.54, 1.807) is 0 Å². The predicted molar refractivity (Wildman–Crippen MR) is 108 cm³/mol. The number of nitrogens with two attached hydrogens (primary N) is 1. The SMILES string of the molecule is CCCN.COCC(=O)N1N=C(c2cc(F)ccc2F)SC1c1ccccc1. The summed E-state index contributed by atoms with van der Waals surface area (Å²) in [5.41, 5.74) is 5.90. The van der Waals surface area contributed by atoms with Crippen molar-refractivity contribution in [1.29, 1.82) is 0 Å². The van der Waals surface area contributed by atoms with Gasteiger partial charge in [-0.05, 0) is 36.7 Å². The van der Waals surface area contributed by atoms with E-state index in [0.717, 1.165) is 36.7 Å². The largest absolute Gasteiger partial charge is 0.375 e. The molecule has 1 amide bonds. The van der Waals surface area contributed by atoms with Gasteiger partial charge in [-0.1, -0.05) is 49.0 Å². The Morgan fingerprint density at radius 3 is 2.54 bits per heavy atom. The minimum Gasteiger partial charge on any atom is -0.375 e. The van der Waals surface area contributed by atoms with Gasteiger partial charge in [0.2, 0.25) is 0 Å². The lowest BCUT2D eigenvalue weighted by Gasteiger charge is -2.20. The van der Waals surface area contributed by atoms with Crippen molar-refractivity contribution in [2.24, 2.45) is 10.8 Å². The molecule has 2 aromatic rings. The lowest BCUT2D eigenvalue weighted by Crippen LogP contribution is -2.29. The van der Waals surface area contributed by atoms with E-state index < -0.39 is 17.0 Å². The van der Waals surface area contributed by atoms with Crippen LogP contribution in [0, 0.1) is 11.6 Å². The molecule has 3 rings (SSSR count). The van der Waals surface area contributed by atoms with Crippen molar-refractivity contribution in [3.8, 4) is 0 Å². The first-order valence-corrected chi connectivity index (χ1v) is 9.66. The quantitative estimate of drug-likeness (QED) is 0.816. The van der Waals surface area contributed by atoms with Gasteiger partial charge in [0.05, 0.1) is 0 Å². The van der Waals surface area contributed by atoms with Crippen molar-refractivity contribution in [3.63, 3.8) is 0 Å². The predicted octanol–water partition coefficient (Wildman–Crippen LogP) is 3.90. The molecule has 0 aliphatic carbocycles. The van der Waals surface area contributed by atoms with Gasteiger partial charge in [0.25, 0.3) is 5.91 Å². The number of nitrogens with zero attached hydrogens (tertiary/aromatic N) is 2. The maximum atomic E-state index is 14.0. The smallest absolute Gasteiger partial charge is 0.270 e. The van der Waals surface area contributed by atoms with Crippen LogP contribution in [-0.2, 0) is 9.53 Å². The molecule has 0 spiro atoms. The Morgan fingerprint density at radius 2 is 1.93 bits per heavy atom. The minimum absolute atomic E-state index is 0.0358. The Labute approximate surface area is 167 Å². The van der Waals surface area contributed by atoms with E-state index in [-0.39, 0.29) is 23.1 Å². The maximum Gasteiger partial charge on any atom is 0.270 e. The fraction of sp³-hybridized carbons (Fsp3) is 0.300. The molecule has 150 valence electrons. The van der Waals surface area contributed by atoms with E-state index in [2.05, 4.69) is 12.0 Å². The van der Waals surface area contributed by atoms with Gasteiger partial charge in [0.15, 0.2) is 0 Å². The summed E-state index contributed by atoms with van der Waals surface area (Å²) in [5.74, 6) is -1.51. The number of benzene rings is 2. The molecule has 1 aliphatic rings. The molecule has 1 unspecified atom stereocenters. The van der Waals surface area contributed by atoms with E-state index in [9.17, 15) is 13.6 Å². The fourth-order valence-electron chi connectivity index (χ4n) is 2.31. The summed E-state index contributed by atoms with van der Waals surface area (Å²) in [6.45, 7) is 2.73. The number of carbonyl (C=O) groups excluding carboxylic acids is 1. The highest BCUT2D eigenvalue weighted by Crippen LogP contribution is 2.41. The highest BCUT2D eigenvalue weighted by molar-refractivity contribution is 8.14. The molecule has 0 saturated heterocycles. The molecule has 2 N–H and O–H groups in total. The first-order valence-electron chi connectivity index (χ1n) is 8.78. The van der Waals surface area contributed by atoms with Crippen LogP contribution in [0.2, 0.25) is 0 Å². The van der Waals surface area contributed by atoms with Crippen LogP contribution in [0.1, 0.15) is 29.8 Å². The molecule has 1 aliphatic heterocycles. The average Bonchev–Trinajstić information content (AvgIpc) is 3.16. The third kappa shape index (κ3) is 5.60. The number of hydrogen-bond acceptors (Lipinski definition) is 5. The number of methoxy groups -OCH3 is 1. The monoisotopic (exact) mass is 407 g/mol. The summed E-state index contributed by atoms with van der Waals surface area (Å²) in [6, 6.07) is 12.4. The average molecular weight is 407 g/mol. The van der Waals surface area contributed by atoms with Crippen molar-refractivity contribution < 1.29 is 18.3 Å². The van der Waals surface area contributed by atoms with Crippen LogP contribution in [0.4, 0.5) is 8.78 Å². The van der Waals surface area contributed by atoms with Crippen LogP contribution < -0.4 is 5.73 Å². The number of hydrazone groups is 1. The van der Waals surface area contributed by atoms with Gasteiger partial charge < -0.3 is 10.5 Å². The van der Waals surface area contributed by atoms with E-state index in [4.69, 9.17) is 10.5 Å². The van der Waals surface area contributed by atoms with Crippen molar-refractivity contribution >= 4 is 22.7 Å². The Morgan fingerprint density at radius 1 is 1.25 bits per heavy atom. The number of ether oxygens (including phenoxy) is 1. The van der Waals surface area contributed by atoms with E-state index in [1.807, 2.05) is 30.3 Å². The number of thioether (sulfide) groups is 1. The third-order valence-corrected chi connectivity index (χ3v) is 4.92. The summed E-state index contributed by atoms with van der Waals surface area (Å²) in [7, 11) is 1.41. The Hall–Kier alpha value is -2.29. The van der Waals surface area contributed by atoms with Gasteiger partial charge in [-0.3, -0.25) is 4.79 Å². The zero-order chi connectivity index (χ0) is 20.5. The zero-order valence-electron chi connectivity index (χ0n) is 15.8. The van der Waals surface area contributed by atoms with Crippen molar-refractivity contribution in [3.05, 3.63) is 71.3 Å². The van der Waals surface area contributed by atoms with E-state index >= 15 is 0 Å². The number of amides is 1. The van der Waals surface area contributed by atoms with Gasteiger partial charge in [0, 0.05) is 12.7 Å². The van der Waals surface area contributed by atoms with Gasteiger partial charge in [0.1, 0.15) is 28.7 Å².